The first-order chi connectivity index (χ1) is 22.8. The minimum atomic E-state index is -2.29. The first-order valence-corrected chi connectivity index (χ1v) is 18.4. The molecule has 0 radical (unpaired) electrons. The molecule has 0 heterocycles. The van der Waals surface area contributed by atoms with E-state index in [4.69, 9.17) is 37.9 Å². The fraction of sp³-hybridized carbons (Fsp3) is 0.944. The van der Waals surface area contributed by atoms with Crippen molar-refractivity contribution in [3.8, 4) is 0 Å². The van der Waals surface area contributed by atoms with Crippen LogP contribution in [0.25, 0.3) is 0 Å². The lowest BCUT2D eigenvalue weighted by molar-refractivity contribution is -0.507. The van der Waals surface area contributed by atoms with Crippen LogP contribution in [0.5, 0.6) is 0 Å². The Kier molecular flexibility index (Phi) is 23.2. The van der Waals surface area contributed by atoms with E-state index in [2.05, 4.69) is 0 Å². The second kappa shape index (κ2) is 23.9. The summed E-state index contributed by atoms with van der Waals surface area (Å²) in [5, 5.41) is 21.3. The van der Waals surface area contributed by atoms with E-state index in [0.29, 0.717) is 51.4 Å². The van der Waals surface area contributed by atoms with Crippen molar-refractivity contribution in [2.45, 2.75) is 163 Å². The van der Waals surface area contributed by atoms with Crippen LogP contribution in [0.4, 0.5) is 0 Å². The summed E-state index contributed by atoms with van der Waals surface area (Å²) >= 11 is 0. The summed E-state index contributed by atoms with van der Waals surface area (Å²) in [5.74, 6) is -10.3. The molecule has 0 fully saturated rings. The molecule has 0 rings (SSSR count). The van der Waals surface area contributed by atoms with Crippen LogP contribution in [0.1, 0.15) is 140 Å². The monoisotopic (exact) mass is 694 g/mol. The number of carbonyl (C=O) groups is 2. The molecule has 2 unspecified atom stereocenters. The van der Waals surface area contributed by atoms with Crippen LogP contribution in [0.2, 0.25) is 0 Å². The molecule has 0 aromatic heterocycles. The number of hydrogen-bond donors (Lipinski definition) is 2. The molecule has 286 valence electrons. The molecule has 0 spiro atoms. The summed E-state index contributed by atoms with van der Waals surface area (Å²) in [7, 11) is 0. The third kappa shape index (κ3) is 11.1. The van der Waals surface area contributed by atoms with Gasteiger partial charge in [-0.1, -0.05) is 54.4 Å². The fourth-order valence-electron chi connectivity index (χ4n) is 6.20. The second-order valence-electron chi connectivity index (χ2n) is 12.2. The molecule has 0 amide bonds. The topological polar surface area (TPSA) is 148 Å². The fourth-order valence-corrected chi connectivity index (χ4v) is 6.20. The maximum atomic E-state index is 14.7. The molecule has 0 saturated heterocycles. The van der Waals surface area contributed by atoms with Gasteiger partial charge >= 0.3 is 11.9 Å². The summed E-state index contributed by atoms with van der Waals surface area (Å²) in [5.41, 5.74) is -2.29. The van der Waals surface area contributed by atoms with Gasteiger partial charge in [0.2, 0.25) is 23.1 Å². The minimum absolute atomic E-state index is 0.0245. The number of rotatable bonds is 33. The van der Waals surface area contributed by atoms with Crippen molar-refractivity contribution in [3.05, 3.63) is 0 Å². The van der Waals surface area contributed by atoms with E-state index in [-0.39, 0.29) is 72.1 Å². The van der Waals surface area contributed by atoms with E-state index >= 15 is 0 Å². The first kappa shape index (κ1) is 46.6. The van der Waals surface area contributed by atoms with E-state index in [1.54, 1.807) is 27.7 Å². The van der Waals surface area contributed by atoms with Crippen molar-refractivity contribution in [1.29, 1.82) is 0 Å². The van der Waals surface area contributed by atoms with Gasteiger partial charge in [-0.25, -0.2) is 0 Å². The molecule has 2 N–H and O–H groups in total. The highest BCUT2D eigenvalue weighted by Gasteiger charge is 2.82. The van der Waals surface area contributed by atoms with Crippen LogP contribution < -0.4 is 0 Å². The normalized spacial score (nSPS) is 16.3. The SMILES string of the molecule is CCCOC(C)(OCCC)C(OCC)(OCCC)C(CCCCCC(=O)O)(C(=O)O)C(OCC)(OCCC)C(C)(OCCC)OCCC. The van der Waals surface area contributed by atoms with Crippen LogP contribution in [-0.2, 0) is 47.5 Å². The van der Waals surface area contributed by atoms with Crippen molar-refractivity contribution in [3.63, 3.8) is 0 Å². The van der Waals surface area contributed by atoms with Crippen molar-refractivity contribution >= 4 is 11.9 Å². The van der Waals surface area contributed by atoms with Gasteiger partial charge in [0.25, 0.3) is 0 Å². The van der Waals surface area contributed by atoms with Crippen LogP contribution in [0.15, 0.2) is 0 Å². The Hall–Kier alpha value is -1.38. The smallest absolute Gasteiger partial charge is 0.321 e. The van der Waals surface area contributed by atoms with Crippen LogP contribution in [0.3, 0.4) is 0 Å². The Morgan fingerprint density at radius 3 is 1.08 bits per heavy atom. The number of hydrogen-bond acceptors (Lipinski definition) is 10. The van der Waals surface area contributed by atoms with Gasteiger partial charge in [0.15, 0.2) is 5.41 Å². The minimum Gasteiger partial charge on any atom is -0.481 e. The summed E-state index contributed by atoms with van der Waals surface area (Å²) in [6, 6.07) is 0. The van der Waals surface area contributed by atoms with Crippen molar-refractivity contribution in [2.75, 3.05) is 52.9 Å². The zero-order chi connectivity index (χ0) is 36.7. The Bertz CT molecular complexity index is 804. The van der Waals surface area contributed by atoms with Gasteiger partial charge in [0, 0.05) is 46.1 Å². The molecule has 0 aliphatic heterocycles. The zero-order valence-electron chi connectivity index (χ0n) is 31.9. The molecule has 12 heteroatoms. The maximum Gasteiger partial charge on any atom is 0.321 e. The predicted octanol–water partition coefficient (Wildman–Crippen LogP) is 7.55. The first-order valence-electron chi connectivity index (χ1n) is 18.4. The summed E-state index contributed by atoms with van der Waals surface area (Å²) < 4.78 is 53.3. The lowest BCUT2D eigenvalue weighted by Crippen LogP contribution is -2.82. The lowest BCUT2D eigenvalue weighted by Gasteiger charge is -2.62. The Labute approximate surface area is 290 Å². The highest BCUT2D eigenvalue weighted by atomic mass is 16.8. The largest absolute Gasteiger partial charge is 0.481 e. The maximum absolute atomic E-state index is 14.7. The molecule has 0 saturated carbocycles. The van der Waals surface area contributed by atoms with E-state index in [0.717, 1.165) is 0 Å². The standard InChI is InChI=1S/C36H70O12/c1-11-24-43-32(9,44-25-12-2)35(41-17-7,47-28-15-5)34(31(39)40,23-21-19-20-22-30(37)38)36(42-18-8,48-29-16-6)33(10,45-26-13-3)46-27-14-4/h11-29H2,1-10H3,(H,37,38)(H,39,40). The Morgan fingerprint density at radius 1 is 0.479 bits per heavy atom. The van der Waals surface area contributed by atoms with Crippen LogP contribution >= 0.6 is 0 Å². The van der Waals surface area contributed by atoms with Gasteiger partial charge in [-0.2, -0.15) is 0 Å². The number of aliphatic carboxylic acids is 2. The highest BCUT2D eigenvalue weighted by Crippen LogP contribution is 2.61. The van der Waals surface area contributed by atoms with E-state index < -0.39 is 40.5 Å². The Balaban J connectivity index is 8.72. The quantitative estimate of drug-likeness (QED) is 0.0516. The average molecular weight is 695 g/mol. The molecular formula is C36H70O12. The summed E-state index contributed by atoms with van der Waals surface area (Å²) in [6.07, 6.45) is 4.27. The molecule has 0 aromatic rings. The van der Waals surface area contributed by atoms with Crippen molar-refractivity contribution < 1.29 is 57.7 Å². The molecule has 2 atom stereocenters. The molecule has 0 aromatic carbocycles. The number of carboxylic acids is 2. The van der Waals surface area contributed by atoms with Gasteiger partial charge < -0.3 is 48.1 Å². The lowest BCUT2D eigenvalue weighted by atomic mass is 9.62. The van der Waals surface area contributed by atoms with Gasteiger partial charge in [-0.3, -0.25) is 9.59 Å². The molecule has 0 bridgehead atoms. The van der Waals surface area contributed by atoms with Gasteiger partial charge in [-0.05, 0) is 79.1 Å². The number of unbranched alkanes of at least 4 members (excludes halogenated alkanes) is 2. The highest BCUT2D eigenvalue weighted by molar-refractivity contribution is 5.78. The summed E-state index contributed by atoms with van der Waals surface area (Å²) in [4.78, 5) is 26.1. The second-order valence-corrected chi connectivity index (χ2v) is 12.2. The third-order valence-corrected chi connectivity index (χ3v) is 8.17. The Morgan fingerprint density at radius 2 is 0.812 bits per heavy atom. The van der Waals surface area contributed by atoms with Gasteiger partial charge in [0.1, 0.15) is 0 Å². The third-order valence-electron chi connectivity index (χ3n) is 8.17. The molecular weight excluding hydrogens is 624 g/mol. The predicted molar refractivity (Wildman–Crippen MR) is 184 cm³/mol. The summed E-state index contributed by atoms with van der Waals surface area (Å²) in [6.45, 7) is 19.6. The van der Waals surface area contributed by atoms with E-state index in [1.807, 2.05) is 41.5 Å². The van der Waals surface area contributed by atoms with Gasteiger partial charge in [-0.15, -0.1) is 0 Å². The zero-order valence-corrected chi connectivity index (χ0v) is 31.9. The molecule has 12 nitrogen and oxygen atoms in total. The molecule has 0 aliphatic rings. The molecule has 0 aliphatic carbocycles. The van der Waals surface area contributed by atoms with Gasteiger partial charge in [0.05, 0.1) is 13.2 Å². The van der Waals surface area contributed by atoms with E-state index in [9.17, 15) is 19.8 Å². The van der Waals surface area contributed by atoms with E-state index in [1.165, 1.54) is 0 Å². The molecule has 48 heavy (non-hydrogen) atoms. The average Bonchev–Trinajstić information content (AvgIpc) is 3.06. The number of carboxylic acid groups (broad SMARTS) is 2. The van der Waals surface area contributed by atoms with Crippen LogP contribution in [-0.4, -0.2) is 98.2 Å². The van der Waals surface area contributed by atoms with Crippen molar-refractivity contribution in [1.82, 2.24) is 0 Å². The van der Waals surface area contributed by atoms with Crippen LogP contribution in [0, 0.1) is 5.41 Å². The number of ether oxygens (including phenoxy) is 8. The van der Waals surface area contributed by atoms with Crippen molar-refractivity contribution in [2.24, 2.45) is 5.41 Å².